The van der Waals surface area contributed by atoms with Crippen LogP contribution in [-0.2, 0) is 38.1 Å². The van der Waals surface area contributed by atoms with Gasteiger partial charge in [-0.05, 0) is 0 Å². The molecular formula is C13H23N3O14. The first-order valence-corrected chi connectivity index (χ1v) is 8.36. The van der Waals surface area contributed by atoms with Gasteiger partial charge in [-0.3, -0.25) is 0 Å². The molecule has 0 aliphatic rings. The molecule has 0 saturated carbocycles. The van der Waals surface area contributed by atoms with Crippen molar-refractivity contribution >= 4 is 12.3 Å². The molecule has 0 radical (unpaired) electrons. The summed E-state index contributed by atoms with van der Waals surface area (Å²) in [7, 11) is 0. The number of nitrogens with zero attached hydrogens (tertiary/aromatic N) is 2. The molecule has 0 amide bonds. The van der Waals surface area contributed by atoms with E-state index in [2.05, 4.69) is 28.6 Å². The summed E-state index contributed by atoms with van der Waals surface area (Å²) in [5, 5.41) is 17.8. The van der Waals surface area contributed by atoms with Crippen molar-refractivity contribution in [1.82, 2.24) is 0 Å². The maximum absolute atomic E-state index is 11.3. The Bertz CT molecular complexity index is 475. The molecule has 0 fully saturated rings. The fourth-order valence-electron chi connectivity index (χ4n) is 1.40. The van der Waals surface area contributed by atoms with Gasteiger partial charge in [0.15, 0.2) is 0 Å². The molecule has 0 aliphatic heterocycles. The molecule has 17 nitrogen and oxygen atoms in total. The summed E-state index contributed by atoms with van der Waals surface area (Å²) in [6.07, 6.45) is -2.06. The van der Waals surface area contributed by atoms with Crippen LogP contribution >= 0.6 is 0 Å². The average molecular weight is 445 g/mol. The Morgan fingerprint density at radius 1 is 0.667 bits per heavy atom. The van der Waals surface area contributed by atoms with Crippen molar-refractivity contribution < 1.29 is 57.9 Å². The number of hydrogen-bond acceptors (Lipinski definition) is 15. The highest BCUT2D eigenvalue weighted by molar-refractivity contribution is 5.60. The van der Waals surface area contributed by atoms with E-state index in [4.69, 9.17) is 15.2 Å². The summed E-state index contributed by atoms with van der Waals surface area (Å²) in [6, 6.07) is -0.837. The Morgan fingerprint density at radius 2 is 1.03 bits per heavy atom. The minimum atomic E-state index is -1.03. The predicted molar refractivity (Wildman–Crippen MR) is 90.1 cm³/mol. The van der Waals surface area contributed by atoms with Gasteiger partial charge >= 0.3 is 12.3 Å². The van der Waals surface area contributed by atoms with E-state index in [-0.39, 0.29) is 66.1 Å². The highest BCUT2D eigenvalue weighted by atomic mass is 17.0. The van der Waals surface area contributed by atoms with Gasteiger partial charge in [0.2, 0.25) is 0 Å². The lowest BCUT2D eigenvalue weighted by atomic mass is 10.4. The number of carbonyl (C=O) groups excluding carboxylic acids is 2. The molecule has 0 saturated heterocycles. The number of rotatable bonds is 18. The van der Waals surface area contributed by atoms with Gasteiger partial charge in [0, 0.05) is 0 Å². The first-order chi connectivity index (χ1) is 14.3. The number of hydrogen-bond donors (Lipinski definition) is 1. The van der Waals surface area contributed by atoms with Crippen molar-refractivity contribution in [3.05, 3.63) is 20.2 Å². The molecule has 17 heteroatoms. The van der Waals surface area contributed by atoms with Crippen LogP contribution in [0.5, 0.6) is 0 Å². The van der Waals surface area contributed by atoms with Gasteiger partial charge in [0.1, 0.15) is 39.6 Å². The molecule has 30 heavy (non-hydrogen) atoms. The van der Waals surface area contributed by atoms with Crippen LogP contribution in [0.2, 0.25) is 0 Å². The second-order valence-corrected chi connectivity index (χ2v) is 4.92. The first-order valence-electron chi connectivity index (χ1n) is 8.36. The molecule has 0 aromatic heterocycles. The van der Waals surface area contributed by atoms with Crippen LogP contribution < -0.4 is 5.73 Å². The second kappa shape index (κ2) is 17.9. The van der Waals surface area contributed by atoms with Crippen LogP contribution in [0.15, 0.2) is 0 Å². The molecule has 0 aromatic carbocycles. The van der Waals surface area contributed by atoms with Crippen LogP contribution in [0.25, 0.3) is 0 Å². The minimum absolute atomic E-state index is 0.0242. The van der Waals surface area contributed by atoms with Crippen LogP contribution in [-0.4, -0.2) is 94.6 Å². The molecule has 0 spiro atoms. The van der Waals surface area contributed by atoms with Crippen molar-refractivity contribution in [1.29, 1.82) is 0 Å². The van der Waals surface area contributed by atoms with Crippen molar-refractivity contribution in [2.24, 2.45) is 5.73 Å². The fourth-order valence-corrected chi connectivity index (χ4v) is 1.40. The quantitative estimate of drug-likeness (QED) is 0.116. The Labute approximate surface area is 169 Å². The van der Waals surface area contributed by atoms with Crippen LogP contribution in [0.4, 0.5) is 9.59 Å². The van der Waals surface area contributed by atoms with E-state index in [1.165, 1.54) is 0 Å². The molecule has 0 rings (SSSR count). The molecular weight excluding hydrogens is 422 g/mol. The van der Waals surface area contributed by atoms with Crippen LogP contribution in [0.1, 0.15) is 0 Å². The summed E-state index contributed by atoms with van der Waals surface area (Å²) >= 11 is 0. The van der Waals surface area contributed by atoms with Crippen molar-refractivity contribution in [3.63, 3.8) is 0 Å². The fraction of sp³-hybridized carbons (Fsp3) is 0.846. The highest BCUT2D eigenvalue weighted by Crippen LogP contribution is 1.93. The summed E-state index contributed by atoms with van der Waals surface area (Å²) < 4.78 is 28.4. The third kappa shape index (κ3) is 19.6. The highest BCUT2D eigenvalue weighted by Gasteiger charge is 2.12. The van der Waals surface area contributed by atoms with E-state index in [1.54, 1.807) is 0 Å². The molecule has 0 atom stereocenters. The third-order valence-corrected chi connectivity index (χ3v) is 2.57. The average Bonchev–Trinajstić information content (AvgIpc) is 2.68. The topological polar surface area (TPSA) is 220 Å². The van der Waals surface area contributed by atoms with Crippen molar-refractivity contribution in [2.75, 3.05) is 66.1 Å². The Balaban J connectivity index is 3.52. The predicted octanol–water partition coefficient (Wildman–Crippen LogP) is -0.930. The summed E-state index contributed by atoms with van der Waals surface area (Å²) in [5.41, 5.74) is 5.59. The standard InChI is InChI=1S/C13H23N3O14/c14-11(9-27-12(17)25-5-1-23-3-7-29-15(19)20)10-28-13(18)26-6-2-24-4-8-30-16(21)22/h11H,1-10,14H2. The Kier molecular flexibility index (Phi) is 16.0. The van der Waals surface area contributed by atoms with E-state index >= 15 is 0 Å². The molecule has 174 valence electrons. The summed E-state index contributed by atoms with van der Waals surface area (Å²) in [4.78, 5) is 50.3. The van der Waals surface area contributed by atoms with Gasteiger partial charge in [-0.2, -0.15) is 0 Å². The largest absolute Gasteiger partial charge is 0.508 e. The van der Waals surface area contributed by atoms with E-state index < -0.39 is 28.5 Å². The maximum Gasteiger partial charge on any atom is 0.508 e. The van der Waals surface area contributed by atoms with Gasteiger partial charge in [-0.25, -0.2) is 9.59 Å². The normalized spacial score (nSPS) is 10.2. The van der Waals surface area contributed by atoms with E-state index in [0.29, 0.717) is 0 Å². The Morgan fingerprint density at radius 3 is 1.40 bits per heavy atom. The molecule has 0 aromatic rings. The molecule has 0 unspecified atom stereocenters. The lowest BCUT2D eigenvalue weighted by Gasteiger charge is -2.13. The molecule has 0 bridgehead atoms. The molecule has 2 N–H and O–H groups in total. The smallest absolute Gasteiger partial charge is 0.432 e. The van der Waals surface area contributed by atoms with Gasteiger partial charge in [0.05, 0.1) is 32.5 Å². The zero-order chi connectivity index (χ0) is 22.6. The van der Waals surface area contributed by atoms with Gasteiger partial charge in [-0.1, -0.05) is 0 Å². The van der Waals surface area contributed by atoms with Crippen LogP contribution in [0, 0.1) is 20.2 Å². The van der Waals surface area contributed by atoms with E-state index in [0.717, 1.165) is 0 Å². The minimum Gasteiger partial charge on any atom is -0.432 e. The molecule has 0 heterocycles. The van der Waals surface area contributed by atoms with Crippen molar-refractivity contribution in [2.45, 2.75) is 6.04 Å². The lowest BCUT2D eigenvalue weighted by Crippen LogP contribution is -2.34. The van der Waals surface area contributed by atoms with Crippen molar-refractivity contribution in [3.8, 4) is 0 Å². The van der Waals surface area contributed by atoms with E-state index in [9.17, 15) is 29.8 Å². The Hall–Kier alpha value is -3.18. The number of ether oxygens (including phenoxy) is 6. The van der Waals surface area contributed by atoms with Gasteiger partial charge < -0.3 is 43.8 Å². The zero-order valence-electron chi connectivity index (χ0n) is 15.8. The number of carbonyl (C=O) groups is 2. The van der Waals surface area contributed by atoms with Gasteiger partial charge in [-0.15, -0.1) is 20.2 Å². The summed E-state index contributed by atoms with van der Waals surface area (Å²) in [5.74, 6) is 0. The van der Waals surface area contributed by atoms with Gasteiger partial charge in [0.25, 0.3) is 10.2 Å². The summed E-state index contributed by atoms with van der Waals surface area (Å²) in [6.45, 7) is -1.58. The van der Waals surface area contributed by atoms with E-state index in [1.807, 2.05) is 0 Å². The second-order valence-electron chi connectivity index (χ2n) is 4.92. The SMILES string of the molecule is NC(COC(=O)OCCOCCO[N+](=O)[O-])COC(=O)OCCOCCO[N+](=O)[O-]. The lowest BCUT2D eigenvalue weighted by molar-refractivity contribution is -0.758. The van der Waals surface area contributed by atoms with Crippen LogP contribution in [0.3, 0.4) is 0 Å². The first kappa shape index (κ1) is 26.8. The molecule has 0 aliphatic carbocycles. The number of nitrogens with two attached hydrogens (primary N) is 1. The maximum atomic E-state index is 11.3. The zero-order valence-corrected chi connectivity index (χ0v) is 15.8. The monoisotopic (exact) mass is 445 g/mol. The third-order valence-electron chi connectivity index (χ3n) is 2.57.